The summed E-state index contributed by atoms with van der Waals surface area (Å²) in [7, 11) is 0. The molecule has 0 bridgehead atoms. The summed E-state index contributed by atoms with van der Waals surface area (Å²) in [5, 5.41) is 0. The molecule has 7 heteroatoms. The van der Waals surface area contributed by atoms with Gasteiger partial charge in [0, 0.05) is 48.8 Å². The maximum atomic E-state index is 13.5. The summed E-state index contributed by atoms with van der Waals surface area (Å²) in [6.07, 6.45) is 7.24. The Morgan fingerprint density at radius 2 is 1.91 bits per heavy atom. The second-order valence-electron chi connectivity index (χ2n) is 8.46. The molecule has 5 nitrogen and oxygen atoms in total. The molecule has 2 aliphatic rings. The largest absolute Gasteiger partial charge is 0.365 e. The number of benzene rings is 1. The fraction of sp³-hybridized carbons (Fsp3) is 0.320. The summed E-state index contributed by atoms with van der Waals surface area (Å²) in [6, 6.07) is 8.79. The van der Waals surface area contributed by atoms with E-state index in [0.29, 0.717) is 6.61 Å². The summed E-state index contributed by atoms with van der Waals surface area (Å²) < 4.78 is 32.8. The summed E-state index contributed by atoms with van der Waals surface area (Å²) in [5.74, 6) is -2.47. The van der Waals surface area contributed by atoms with Crippen molar-refractivity contribution >= 4 is 5.78 Å². The third-order valence-corrected chi connectivity index (χ3v) is 6.74. The minimum absolute atomic E-state index is 0.0739. The zero-order chi connectivity index (χ0) is 22.3. The van der Waals surface area contributed by atoms with Crippen LogP contribution in [0.2, 0.25) is 0 Å². The molecule has 0 aliphatic carbocycles. The van der Waals surface area contributed by atoms with E-state index in [0.717, 1.165) is 43.6 Å². The van der Waals surface area contributed by atoms with Gasteiger partial charge in [-0.15, -0.1) is 0 Å². The number of hydrogen-bond acceptors (Lipinski definition) is 5. The lowest BCUT2D eigenvalue weighted by molar-refractivity contribution is -0.0838. The molecule has 1 fully saturated rings. The summed E-state index contributed by atoms with van der Waals surface area (Å²) in [5.41, 5.74) is 3.48. The molecule has 4 heterocycles. The molecule has 0 amide bonds. The number of pyridine rings is 2. The van der Waals surface area contributed by atoms with Gasteiger partial charge in [-0.1, -0.05) is 6.07 Å². The molecule has 1 unspecified atom stereocenters. The van der Waals surface area contributed by atoms with Crippen molar-refractivity contribution in [3.8, 4) is 0 Å². The molecule has 3 aromatic rings. The Labute approximate surface area is 185 Å². The zero-order valence-corrected chi connectivity index (χ0v) is 17.7. The van der Waals surface area contributed by atoms with E-state index in [2.05, 4.69) is 21.8 Å². The molecule has 1 atom stereocenters. The number of halogens is 2. The highest BCUT2D eigenvalue weighted by Gasteiger charge is 2.43. The van der Waals surface area contributed by atoms with Crippen LogP contribution in [-0.2, 0) is 16.9 Å². The number of nitrogens with zero attached hydrogens (tertiary/aromatic N) is 3. The van der Waals surface area contributed by atoms with Gasteiger partial charge in [0.05, 0.1) is 12.2 Å². The van der Waals surface area contributed by atoms with Crippen molar-refractivity contribution in [1.82, 2.24) is 14.9 Å². The molecule has 32 heavy (non-hydrogen) atoms. The first-order valence-corrected chi connectivity index (χ1v) is 10.7. The Kier molecular flexibility index (Phi) is 5.31. The molecule has 2 aliphatic heterocycles. The Hall–Kier alpha value is -3.03. The predicted molar refractivity (Wildman–Crippen MR) is 114 cm³/mol. The number of carbonyl (C=O) groups excluding carboxylic acids is 1. The van der Waals surface area contributed by atoms with Crippen LogP contribution in [0.1, 0.15) is 58.5 Å². The van der Waals surface area contributed by atoms with Gasteiger partial charge in [0.2, 0.25) is 5.78 Å². The van der Waals surface area contributed by atoms with Gasteiger partial charge in [0.1, 0.15) is 5.69 Å². The van der Waals surface area contributed by atoms with E-state index in [1.807, 2.05) is 24.5 Å². The van der Waals surface area contributed by atoms with E-state index in [4.69, 9.17) is 4.74 Å². The third-order valence-electron chi connectivity index (χ3n) is 6.74. The van der Waals surface area contributed by atoms with Crippen LogP contribution in [0.4, 0.5) is 8.78 Å². The second-order valence-corrected chi connectivity index (χ2v) is 8.46. The van der Waals surface area contributed by atoms with Crippen molar-refractivity contribution in [3.05, 3.63) is 94.6 Å². The summed E-state index contributed by atoms with van der Waals surface area (Å²) in [4.78, 5) is 23.5. The summed E-state index contributed by atoms with van der Waals surface area (Å²) in [6.45, 7) is 4.53. The minimum atomic E-state index is -1.05. The van der Waals surface area contributed by atoms with Crippen molar-refractivity contribution in [3.63, 3.8) is 0 Å². The number of rotatable bonds is 4. The van der Waals surface area contributed by atoms with E-state index < -0.39 is 17.4 Å². The molecule has 1 saturated heterocycles. The first-order valence-electron chi connectivity index (χ1n) is 10.7. The number of hydrogen-bond donors (Lipinski definition) is 0. The predicted octanol–water partition coefficient (Wildman–Crippen LogP) is 4.57. The molecule has 0 saturated carbocycles. The van der Waals surface area contributed by atoms with Crippen LogP contribution in [-0.4, -0.2) is 33.7 Å². The Balaban J connectivity index is 1.26. The van der Waals surface area contributed by atoms with Gasteiger partial charge in [0.15, 0.2) is 11.6 Å². The van der Waals surface area contributed by atoms with Crippen molar-refractivity contribution in [1.29, 1.82) is 0 Å². The number of carbonyl (C=O) groups is 1. The lowest BCUT2D eigenvalue weighted by Crippen LogP contribution is -2.43. The normalized spacial score (nSPS) is 18.5. The molecule has 1 spiro atoms. The van der Waals surface area contributed by atoms with Crippen LogP contribution in [0, 0.1) is 11.6 Å². The van der Waals surface area contributed by atoms with Crippen LogP contribution >= 0.6 is 0 Å². The van der Waals surface area contributed by atoms with Crippen LogP contribution in [0.5, 0.6) is 0 Å². The van der Waals surface area contributed by atoms with E-state index in [9.17, 15) is 13.6 Å². The molecule has 0 radical (unpaired) electrons. The molecule has 0 N–H and O–H groups in total. The molecule has 2 aromatic heterocycles. The van der Waals surface area contributed by atoms with Crippen molar-refractivity contribution in [2.24, 2.45) is 0 Å². The first kappa shape index (κ1) is 20.8. The van der Waals surface area contributed by atoms with Crippen LogP contribution in [0.25, 0.3) is 0 Å². The van der Waals surface area contributed by atoms with Crippen molar-refractivity contribution in [2.45, 2.75) is 38.0 Å². The molecule has 164 valence electrons. The van der Waals surface area contributed by atoms with Gasteiger partial charge in [-0.25, -0.2) is 8.78 Å². The number of fused-ring (bicyclic) bond motifs is 2. The highest BCUT2D eigenvalue weighted by atomic mass is 19.2. The van der Waals surface area contributed by atoms with Gasteiger partial charge in [-0.2, -0.15) is 0 Å². The highest BCUT2D eigenvalue weighted by Crippen LogP contribution is 2.44. The van der Waals surface area contributed by atoms with E-state index in [-0.39, 0.29) is 22.9 Å². The monoisotopic (exact) mass is 435 g/mol. The third kappa shape index (κ3) is 3.61. The first-order chi connectivity index (χ1) is 15.5. The number of aromatic nitrogens is 2. The van der Waals surface area contributed by atoms with E-state index in [1.54, 1.807) is 12.3 Å². The average Bonchev–Trinajstić information content (AvgIpc) is 3.19. The van der Waals surface area contributed by atoms with Crippen LogP contribution < -0.4 is 0 Å². The maximum Gasteiger partial charge on any atom is 0.211 e. The lowest BCUT2D eigenvalue weighted by atomic mass is 9.84. The molecule has 5 rings (SSSR count). The van der Waals surface area contributed by atoms with Crippen molar-refractivity contribution < 1.29 is 18.3 Å². The molecular formula is C25H23F2N3O2. The zero-order valence-electron chi connectivity index (χ0n) is 17.7. The van der Waals surface area contributed by atoms with Gasteiger partial charge in [-0.05, 0) is 61.2 Å². The van der Waals surface area contributed by atoms with Gasteiger partial charge in [0.25, 0.3) is 0 Å². The van der Waals surface area contributed by atoms with Crippen LogP contribution in [0.3, 0.4) is 0 Å². The molecular weight excluding hydrogens is 412 g/mol. The summed E-state index contributed by atoms with van der Waals surface area (Å²) >= 11 is 0. The Morgan fingerprint density at radius 1 is 1.09 bits per heavy atom. The number of ketones is 1. The topological polar surface area (TPSA) is 55.3 Å². The SMILES string of the molecule is CC(c1ccc(C(=O)c2ccc(F)c(F)c2)nc1)N1CCC2(CC1)OCc1ccncc12. The fourth-order valence-electron chi connectivity index (χ4n) is 4.72. The quantitative estimate of drug-likeness (QED) is 0.562. The van der Waals surface area contributed by atoms with Gasteiger partial charge >= 0.3 is 0 Å². The van der Waals surface area contributed by atoms with Crippen molar-refractivity contribution in [2.75, 3.05) is 13.1 Å². The molecule has 1 aromatic carbocycles. The second kappa shape index (κ2) is 8.15. The van der Waals surface area contributed by atoms with E-state index >= 15 is 0 Å². The standard InChI is InChI=1S/C25H23F2N3O2/c1-16(30-10-7-25(8-11-30)20-14-28-9-6-19(20)15-32-25)18-3-5-23(29-13-18)24(31)17-2-4-21(26)22(27)12-17/h2-6,9,12-14,16H,7-8,10-11,15H2,1H3. The number of piperidine rings is 1. The van der Waals surface area contributed by atoms with Gasteiger partial charge in [-0.3, -0.25) is 19.7 Å². The Morgan fingerprint density at radius 3 is 2.62 bits per heavy atom. The maximum absolute atomic E-state index is 13.5. The van der Waals surface area contributed by atoms with Crippen LogP contribution in [0.15, 0.2) is 55.0 Å². The number of ether oxygens (including phenoxy) is 1. The smallest absolute Gasteiger partial charge is 0.211 e. The minimum Gasteiger partial charge on any atom is -0.365 e. The average molecular weight is 435 g/mol. The van der Waals surface area contributed by atoms with E-state index in [1.165, 1.54) is 17.2 Å². The highest BCUT2D eigenvalue weighted by molar-refractivity contribution is 6.07. The lowest BCUT2D eigenvalue weighted by Gasteiger charge is -2.41. The fourth-order valence-corrected chi connectivity index (χ4v) is 4.72. The Bertz CT molecular complexity index is 1160. The number of likely N-dealkylation sites (tertiary alicyclic amines) is 1. The van der Waals surface area contributed by atoms with Gasteiger partial charge < -0.3 is 4.74 Å².